The Kier molecular flexibility index (Phi) is 3.10. The highest BCUT2D eigenvalue weighted by Crippen LogP contribution is 2.14. The Balaban J connectivity index is 2.13. The van der Waals surface area contributed by atoms with Gasteiger partial charge < -0.3 is 10.2 Å². The Morgan fingerprint density at radius 3 is 1.82 bits per heavy atom. The van der Waals surface area contributed by atoms with Gasteiger partial charge in [-0.25, -0.2) is 4.79 Å². The first-order valence-electron chi connectivity index (χ1n) is 5.25. The maximum absolute atomic E-state index is 10.7. The van der Waals surface area contributed by atoms with Gasteiger partial charge in [-0.05, 0) is 41.8 Å². The van der Waals surface area contributed by atoms with Gasteiger partial charge in [0.25, 0.3) is 0 Å². The Morgan fingerprint density at radius 2 is 1.35 bits per heavy atom. The molecule has 17 heavy (non-hydrogen) atoms. The van der Waals surface area contributed by atoms with Gasteiger partial charge in [0.1, 0.15) is 5.75 Å². The van der Waals surface area contributed by atoms with Gasteiger partial charge in [0.2, 0.25) is 0 Å². The molecule has 3 heteroatoms. The van der Waals surface area contributed by atoms with E-state index < -0.39 is 5.97 Å². The second kappa shape index (κ2) is 4.70. The zero-order chi connectivity index (χ0) is 12.3. The molecular formula is C14H12O3. The largest absolute Gasteiger partial charge is 0.508 e. The van der Waals surface area contributed by atoms with Crippen molar-refractivity contribution in [3.63, 3.8) is 0 Å². The number of aromatic carboxylic acids is 1. The molecule has 0 aliphatic rings. The van der Waals surface area contributed by atoms with Crippen molar-refractivity contribution in [3.8, 4) is 5.75 Å². The van der Waals surface area contributed by atoms with Crippen molar-refractivity contribution in [3.05, 3.63) is 65.2 Å². The van der Waals surface area contributed by atoms with E-state index in [4.69, 9.17) is 10.2 Å². The molecule has 0 aromatic heterocycles. The van der Waals surface area contributed by atoms with Crippen molar-refractivity contribution in [2.45, 2.75) is 6.42 Å². The van der Waals surface area contributed by atoms with Gasteiger partial charge in [0, 0.05) is 0 Å². The van der Waals surface area contributed by atoms with Gasteiger partial charge in [0.05, 0.1) is 5.56 Å². The lowest BCUT2D eigenvalue weighted by molar-refractivity contribution is 0.0697. The summed E-state index contributed by atoms with van der Waals surface area (Å²) in [5, 5.41) is 17.9. The summed E-state index contributed by atoms with van der Waals surface area (Å²) >= 11 is 0. The summed E-state index contributed by atoms with van der Waals surface area (Å²) in [4.78, 5) is 10.7. The molecule has 0 atom stereocenters. The monoisotopic (exact) mass is 228 g/mol. The lowest BCUT2D eigenvalue weighted by atomic mass is 10.0. The molecule has 0 saturated heterocycles. The third-order valence-corrected chi connectivity index (χ3v) is 2.55. The van der Waals surface area contributed by atoms with Crippen LogP contribution in [0.3, 0.4) is 0 Å². The van der Waals surface area contributed by atoms with E-state index in [1.807, 2.05) is 12.1 Å². The van der Waals surface area contributed by atoms with E-state index in [0.717, 1.165) is 17.5 Å². The van der Waals surface area contributed by atoms with Crippen molar-refractivity contribution in [2.24, 2.45) is 0 Å². The van der Waals surface area contributed by atoms with Crippen molar-refractivity contribution < 1.29 is 15.0 Å². The van der Waals surface area contributed by atoms with Crippen LogP contribution >= 0.6 is 0 Å². The lowest BCUT2D eigenvalue weighted by Crippen LogP contribution is -1.96. The average Bonchev–Trinajstić information content (AvgIpc) is 2.33. The van der Waals surface area contributed by atoms with E-state index in [0.29, 0.717) is 5.56 Å². The number of hydrogen-bond acceptors (Lipinski definition) is 2. The number of phenols is 1. The van der Waals surface area contributed by atoms with Crippen LogP contribution in [0.2, 0.25) is 0 Å². The quantitative estimate of drug-likeness (QED) is 0.849. The Labute approximate surface area is 99.0 Å². The highest BCUT2D eigenvalue weighted by atomic mass is 16.4. The molecule has 0 aliphatic carbocycles. The van der Waals surface area contributed by atoms with Crippen LogP contribution in [0, 0.1) is 0 Å². The number of carboxylic acids is 1. The summed E-state index contributed by atoms with van der Waals surface area (Å²) in [5.74, 6) is -0.670. The number of aromatic hydroxyl groups is 1. The fraction of sp³-hybridized carbons (Fsp3) is 0.0714. The Bertz CT molecular complexity index is 512. The SMILES string of the molecule is O=C(O)c1ccc(Cc2ccc(O)cc2)cc1. The summed E-state index contributed by atoms with van der Waals surface area (Å²) in [6, 6.07) is 13.8. The van der Waals surface area contributed by atoms with E-state index in [9.17, 15) is 4.79 Å². The molecule has 0 fully saturated rings. The molecule has 2 N–H and O–H groups in total. The van der Waals surface area contributed by atoms with Crippen LogP contribution in [0.15, 0.2) is 48.5 Å². The van der Waals surface area contributed by atoms with Gasteiger partial charge in [-0.1, -0.05) is 24.3 Å². The number of carbonyl (C=O) groups is 1. The summed E-state index contributed by atoms with van der Waals surface area (Å²) < 4.78 is 0. The number of hydrogen-bond donors (Lipinski definition) is 2. The maximum atomic E-state index is 10.7. The minimum absolute atomic E-state index is 0.245. The minimum atomic E-state index is -0.916. The molecule has 86 valence electrons. The van der Waals surface area contributed by atoms with Gasteiger partial charge in [-0.15, -0.1) is 0 Å². The van der Waals surface area contributed by atoms with Crippen molar-refractivity contribution in [2.75, 3.05) is 0 Å². The molecule has 2 aromatic rings. The topological polar surface area (TPSA) is 57.5 Å². The zero-order valence-corrected chi connectivity index (χ0v) is 9.13. The molecule has 0 amide bonds. The van der Waals surface area contributed by atoms with E-state index in [1.165, 1.54) is 0 Å². The van der Waals surface area contributed by atoms with Crippen LogP contribution < -0.4 is 0 Å². The summed E-state index contributed by atoms with van der Waals surface area (Å²) in [6.07, 6.45) is 0.722. The molecule has 2 aromatic carbocycles. The zero-order valence-electron chi connectivity index (χ0n) is 9.13. The van der Waals surface area contributed by atoms with Gasteiger partial charge in [-0.3, -0.25) is 0 Å². The third-order valence-electron chi connectivity index (χ3n) is 2.55. The first-order valence-corrected chi connectivity index (χ1v) is 5.25. The van der Waals surface area contributed by atoms with E-state index in [2.05, 4.69) is 0 Å². The molecule has 3 nitrogen and oxygen atoms in total. The van der Waals surface area contributed by atoms with Gasteiger partial charge in [0.15, 0.2) is 0 Å². The van der Waals surface area contributed by atoms with Crippen LogP contribution in [0.25, 0.3) is 0 Å². The predicted octanol–water partition coefficient (Wildman–Crippen LogP) is 2.68. The second-order valence-electron chi connectivity index (χ2n) is 3.85. The first-order chi connectivity index (χ1) is 8.15. The van der Waals surface area contributed by atoms with E-state index in [-0.39, 0.29) is 5.75 Å². The van der Waals surface area contributed by atoms with Gasteiger partial charge >= 0.3 is 5.97 Å². The minimum Gasteiger partial charge on any atom is -0.508 e. The maximum Gasteiger partial charge on any atom is 0.335 e. The second-order valence-corrected chi connectivity index (χ2v) is 3.85. The predicted molar refractivity (Wildman–Crippen MR) is 64.3 cm³/mol. The number of phenolic OH excluding ortho intramolecular Hbond substituents is 1. The summed E-state index contributed by atoms with van der Waals surface area (Å²) in [6.45, 7) is 0. The molecule has 0 unspecified atom stereocenters. The molecular weight excluding hydrogens is 216 g/mol. The smallest absolute Gasteiger partial charge is 0.335 e. The van der Waals surface area contributed by atoms with Crippen LogP contribution in [-0.2, 0) is 6.42 Å². The van der Waals surface area contributed by atoms with Crippen LogP contribution in [0.1, 0.15) is 21.5 Å². The normalized spacial score (nSPS) is 10.1. The molecule has 2 rings (SSSR count). The van der Waals surface area contributed by atoms with Gasteiger partial charge in [-0.2, -0.15) is 0 Å². The summed E-state index contributed by atoms with van der Waals surface area (Å²) in [7, 11) is 0. The highest BCUT2D eigenvalue weighted by molar-refractivity contribution is 5.87. The highest BCUT2D eigenvalue weighted by Gasteiger charge is 2.02. The van der Waals surface area contributed by atoms with Crippen LogP contribution in [0.4, 0.5) is 0 Å². The Hall–Kier alpha value is -2.29. The molecule has 0 heterocycles. The first kappa shape index (κ1) is 11.2. The molecule has 0 spiro atoms. The number of benzene rings is 2. The fourth-order valence-electron chi connectivity index (χ4n) is 1.61. The third kappa shape index (κ3) is 2.84. The van der Waals surface area contributed by atoms with Crippen LogP contribution in [0.5, 0.6) is 5.75 Å². The molecule has 0 bridgehead atoms. The van der Waals surface area contributed by atoms with E-state index >= 15 is 0 Å². The standard InChI is InChI=1S/C14H12O3/c15-13-7-3-11(4-8-13)9-10-1-5-12(6-2-10)14(16)17/h1-8,15H,9H2,(H,16,17). The van der Waals surface area contributed by atoms with Crippen molar-refractivity contribution in [1.82, 2.24) is 0 Å². The van der Waals surface area contributed by atoms with Crippen molar-refractivity contribution in [1.29, 1.82) is 0 Å². The van der Waals surface area contributed by atoms with Crippen LogP contribution in [-0.4, -0.2) is 16.2 Å². The average molecular weight is 228 g/mol. The fourth-order valence-corrected chi connectivity index (χ4v) is 1.61. The number of carboxylic acid groups (broad SMARTS) is 1. The molecule has 0 radical (unpaired) electrons. The molecule has 0 saturated carbocycles. The number of rotatable bonds is 3. The molecule has 0 aliphatic heterocycles. The van der Waals surface area contributed by atoms with E-state index in [1.54, 1.807) is 36.4 Å². The Morgan fingerprint density at radius 1 is 0.882 bits per heavy atom. The van der Waals surface area contributed by atoms with Crippen molar-refractivity contribution >= 4 is 5.97 Å². The lowest BCUT2D eigenvalue weighted by Gasteiger charge is -2.03. The summed E-state index contributed by atoms with van der Waals surface area (Å²) in [5.41, 5.74) is 2.41.